The van der Waals surface area contributed by atoms with Gasteiger partial charge in [0.15, 0.2) is 11.6 Å². The SMILES string of the molecule is Cc1cccc(NC(=O)n2c(C)cc3c(F)c(Oc4ncnc5cc(C)c(C)cc45)ccc32)c1. The summed E-state index contributed by atoms with van der Waals surface area (Å²) in [5.41, 5.74) is 5.65. The molecule has 0 aliphatic heterocycles. The van der Waals surface area contributed by atoms with Crippen molar-refractivity contribution in [3.63, 3.8) is 0 Å². The second-order valence-electron chi connectivity index (χ2n) is 8.47. The number of nitrogens with zero attached hydrogens (tertiary/aromatic N) is 3. The Balaban J connectivity index is 1.52. The molecule has 0 fully saturated rings. The molecule has 5 aromatic rings. The molecule has 34 heavy (non-hydrogen) atoms. The van der Waals surface area contributed by atoms with Crippen LogP contribution in [0, 0.1) is 33.5 Å². The van der Waals surface area contributed by atoms with Crippen molar-refractivity contribution >= 4 is 33.5 Å². The summed E-state index contributed by atoms with van der Waals surface area (Å²) >= 11 is 0. The fourth-order valence-corrected chi connectivity index (χ4v) is 4.09. The molecule has 3 aromatic carbocycles. The van der Waals surface area contributed by atoms with Crippen molar-refractivity contribution in [2.75, 3.05) is 5.32 Å². The summed E-state index contributed by atoms with van der Waals surface area (Å²) in [6.45, 7) is 7.71. The molecule has 0 atom stereocenters. The molecule has 0 aliphatic rings. The average molecular weight is 455 g/mol. The number of aromatic nitrogens is 3. The number of benzene rings is 3. The quantitative estimate of drug-likeness (QED) is 0.324. The van der Waals surface area contributed by atoms with E-state index in [4.69, 9.17) is 4.74 Å². The van der Waals surface area contributed by atoms with Gasteiger partial charge >= 0.3 is 6.03 Å². The van der Waals surface area contributed by atoms with Gasteiger partial charge in [0.1, 0.15) is 6.33 Å². The van der Waals surface area contributed by atoms with Crippen LogP contribution in [0.15, 0.2) is 60.9 Å². The Bertz CT molecular complexity index is 1590. The van der Waals surface area contributed by atoms with Crippen LogP contribution >= 0.6 is 0 Å². The first-order chi connectivity index (χ1) is 16.3. The second-order valence-corrected chi connectivity index (χ2v) is 8.47. The van der Waals surface area contributed by atoms with Crippen LogP contribution in [-0.4, -0.2) is 20.6 Å². The molecule has 0 unspecified atom stereocenters. The fourth-order valence-electron chi connectivity index (χ4n) is 4.09. The highest BCUT2D eigenvalue weighted by molar-refractivity contribution is 6.00. The molecule has 5 rings (SSSR count). The highest BCUT2D eigenvalue weighted by atomic mass is 19.1. The molecule has 1 amide bonds. The average Bonchev–Trinajstić information content (AvgIpc) is 3.14. The normalized spacial score (nSPS) is 11.2. The number of anilines is 1. The Labute approximate surface area is 196 Å². The standard InChI is InChI=1S/C27H23FN4O2/c1-15-6-5-7-19(10-15)31-27(33)32-18(4)13-21-23(32)8-9-24(25(21)28)34-26-20-11-16(2)17(3)12-22(20)29-14-30-26/h5-14H,1-4H3,(H,31,33). The summed E-state index contributed by atoms with van der Waals surface area (Å²) in [5.74, 6) is -0.250. The van der Waals surface area contributed by atoms with Crippen LogP contribution in [0.1, 0.15) is 22.4 Å². The van der Waals surface area contributed by atoms with Gasteiger partial charge in [-0.1, -0.05) is 12.1 Å². The lowest BCUT2D eigenvalue weighted by Gasteiger charge is -2.12. The summed E-state index contributed by atoms with van der Waals surface area (Å²) < 4.78 is 22.9. The van der Waals surface area contributed by atoms with Crippen molar-refractivity contribution in [1.82, 2.24) is 14.5 Å². The van der Waals surface area contributed by atoms with E-state index >= 15 is 4.39 Å². The number of halogens is 1. The number of fused-ring (bicyclic) bond motifs is 2. The molecule has 0 saturated carbocycles. The summed E-state index contributed by atoms with van der Waals surface area (Å²) in [7, 11) is 0. The number of carbonyl (C=O) groups excluding carboxylic acids is 1. The Hall–Kier alpha value is -4.26. The van der Waals surface area contributed by atoms with Crippen LogP contribution in [0.2, 0.25) is 0 Å². The minimum atomic E-state index is -0.557. The first-order valence-corrected chi connectivity index (χ1v) is 10.9. The van der Waals surface area contributed by atoms with E-state index in [1.54, 1.807) is 19.1 Å². The highest BCUT2D eigenvalue weighted by Crippen LogP contribution is 2.34. The van der Waals surface area contributed by atoms with Gasteiger partial charge in [-0.15, -0.1) is 0 Å². The lowest BCUT2D eigenvalue weighted by atomic mass is 10.1. The number of ether oxygens (including phenoxy) is 1. The molecule has 0 saturated heterocycles. The maximum atomic E-state index is 15.5. The third-order valence-electron chi connectivity index (χ3n) is 5.96. The Kier molecular flexibility index (Phi) is 5.24. The maximum absolute atomic E-state index is 15.5. The number of hydrogen-bond acceptors (Lipinski definition) is 4. The molecule has 0 aliphatic carbocycles. The van der Waals surface area contributed by atoms with Crippen molar-refractivity contribution < 1.29 is 13.9 Å². The summed E-state index contributed by atoms with van der Waals surface area (Å²) in [6, 6.07) is 15.9. The van der Waals surface area contributed by atoms with Gasteiger partial charge in [-0.25, -0.2) is 19.2 Å². The van der Waals surface area contributed by atoms with Gasteiger partial charge in [0.2, 0.25) is 5.88 Å². The van der Waals surface area contributed by atoms with E-state index in [0.29, 0.717) is 27.7 Å². The largest absolute Gasteiger partial charge is 0.435 e. The fraction of sp³-hybridized carbons (Fsp3) is 0.148. The first kappa shape index (κ1) is 21.6. The van der Waals surface area contributed by atoms with Crippen LogP contribution < -0.4 is 10.1 Å². The molecule has 2 heterocycles. The minimum Gasteiger partial charge on any atom is -0.435 e. The summed E-state index contributed by atoms with van der Waals surface area (Å²) in [5, 5.41) is 3.87. The Morgan fingerprint density at radius 2 is 1.74 bits per heavy atom. The van der Waals surface area contributed by atoms with E-state index in [1.165, 1.54) is 17.0 Å². The lowest BCUT2D eigenvalue weighted by Crippen LogP contribution is -2.20. The zero-order valence-electron chi connectivity index (χ0n) is 19.3. The van der Waals surface area contributed by atoms with Crippen molar-refractivity contribution in [1.29, 1.82) is 0 Å². The van der Waals surface area contributed by atoms with Gasteiger partial charge in [-0.05, 0) is 86.8 Å². The van der Waals surface area contributed by atoms with Gasteiger partial charge in [-0.2, -0.15) is 0 Å². The summed E-state index contributed by atoms with van der Waals surface area (Å²) in [6.07, 6.45) is 1.40. The van der Waals surface area contributed by atoms with E-state index in [2.05, 4.69) is 15.3 Å². The Morgan fingerprint density at radius 3 is 2.53 bits per heavy atom. The molecule has 0 bridgehead atoms. The molecular weight excluding hydrogens is 431 g/mol. The van der Waals surface area contributed by atoms with Crippen molar-refractivity contribution in [3.05, 3.63) is 89.1 Å². The highest BCUT2D eigenvalue weighted by Gasteiger charge is 2.19. The van der Waals surface area contributed by atoms with E-state index < -0.39 is 5.82 Å². The molecule has 6 nitrogen and oxygen atoms in total. The monoisotopic (exact) mass is 454 g/mol. The van der Waals surface area contributed by atoms with Crippen molar-refractivity contribution in [2.24, 2.45) is 0 Å². The van der Waals surface area contributed by atoms with E-state index in [1.807, 2.05) is 57.2 Å². The third kappa shape index (κ3) is 3.75. The number of rotatable bonds is 3. The molecular formula is C27H23FN4O2. The first-order valence-electron chi connectivity index (χ1n) is 10.9. The second kappa shape index (κ2) is 8.26. The maximum Gasteiger partial charge on any atom is 0.330 e. The van der Waals surface area contributed by atoms with Gasteiger partial charge in [0, 0.05) is 16.8 Å². The van der Waals surface area contributed by atoms with Gasteiger partial charge in [-0.3, -0.25) is 4.57 Å². The van der Waals surface area contributed by atoms with Gasteiger partial charge in [0.05, 0.1) is 16.4 Å². The minimum absolute atomic E-state index is 0.0296. The van der Waals surface area contributed by atoms with E-state index in [-0.39, 0.29) is 17.7 Å². The molecule has 170 valence electrons. The molecule has 0 radical (unpaired) electrons. The van der Waals surface area contributed by atoms with E-state index in [9.17, 15) is 4.79 Å². The predicted molar refractivity (Wildman–Crippen MR) is 131 cm³/mol. The van der Waals surface area contributed by atoms with Crippen LogP contribution in [-0.2, 0) is 0 Å². The number of amides is 1. The van der Waals surface area contributed by atoms with Gasteiger partial charge in [0.25, 0.3) is 0 Å². The van der Waals surface area contributed by atoms with Crippen molar-refractivity contribution in [3.8, 4) is 11.6 Å². The number of hydrogen-bond donors (Lipinski definition) is 1. The van der Waals surface area contributed by atoms with Crippen molar-refractivity contribution in [2.45, 2.75) is 27.7 Å². The van der Waals surface area contributed by atoms with Crippen LogP contribution in [0.3, 0.4) is 0 Å². The molecule has 1 N–H and O–H groups in total. The zero-order chi connectivity index (χ0) is 24.0. The molecule has 7 heteroatoms. The predicted octanol–water partition coefficient (Wildman–Crippen LogP) is 6.83. The number of aryl methyl sites for hydroxylation is 4. The number of nitrogens with one attached hydrogen (secondary N) is 1. The lowest BCUT2D eigenvalue weighted by molar-refractivity contribution is 0.254. The van der Waals surface area contributed by atoms with Gasteiger partial charge < -0.3 is 10.1 Å². The molecule has 2 aromatic heterocycles. The zero-order valence-corrected chi connectivity index (χ0v) is 19.3. The third-order valence-corrected chi connectivity index (χ3v) is 5.96. The Morgan fingerprint density at radius 1 is 0.941 bits per heavy atom. The topological polar surface area (TPSA) is 69.0 Å². The molecule has 0 spiro atoms. The van der Waals surface area contributed by atoms with Crippen LogP contribution in [0.25, 0.3) is 21.8 Å². The summed E-state index contributed by atoms with van der Waals surface area (Å²) in [4.78, 5) is 21.5. The van der Waals surface area contributed by atoms with Crippen LogP contribution in [0.5, 0.6) is 11.6 Å². The number of carbonyl (C=O) groups is 1. The van der Waals surface area contributed by atoms with E-state index in [0.717, 1.165) is 22.2 Å². The van der Waals surface area contributed by atoms with Crippen LogP contribution in [0.4, 0.5) is 14.9 Å². The smallest absolute Gasteiger partial charge is 0.330 e.